The minimum absolute atomic E-state index is 0.0106. The van der Waals surface area contributed by atoms with Crippen LogP contribution in [0.25, 0.3) is 0 Å². The molecule has 1 saturated heterocycles. The number of carbonyl (C=O) groups excluding carboxylic acids is 2. The molecule has 1 heterocycles. The molecular formula is C14H17ClFN3O2. The van der Waals surface area contributed by atoms with Gasteiger partial charge in [0, 0.05) is 25.8 Å². The fraction of sp³-hybridized carbons (Fsp3) is 0.429. The first-order chi connectivity index (χ1) is 10.0. The minimum Gasteiger partial charge on any atom is -0.341 e. The Labute approximate surface area is 127 Å². The van der Waals surface area contributed by atoms with Crippen molar-refractivity contribution < 1.29 is 14.0 Å². The minimum atomic E-state index is -0.579. The molecule has 114 valence electrons. The number of rotatable bonds is 2. The fourth-order valence-electron chi connectivity index (χ4n) is 2.35. The summed E-state index contributed by atoms with van der Waals surface area (Å²) in [6, 6.07) is 3.93. The van der Waals surface area contributed by atoms with Gasteiger partial charge in [-0.05, 0) is 31.0 Å². The Morgan fingerprint density at radius 2 is 2.19 bits per heavy atom. The highest BCUT2D eigenvalue weighted by Gasteiger charge is 2.28. The van der Waals surface area contributed by atoms with Crippen molar-refractivity contribution in [1.29, 1.82) is 0 Å². The molecule has 1 aromatic rings. The molecule has 5 nitrogen and oxygen atoms in total. The molecule has 0 aliphatic carbocycles. The third-order valence-electron chi connectivity index (χ3n) is 3.48. The zero-order valence-electron chi connectivity index (χ0n) is 11.7. The molecule has 3 amide bonds. The molecule has 0 radical (unpaired) electrons. The number of anilines is 1. The van der Waals surface area contributed by atoms with Crippen molar-refractivity contribution in [1.82, 2.24) is 10.2 Å². The van der Waals surface area contributed by atoms with Crippen molar-refractivity contribution >= 4 is 29.2 Å². The average molecular weight is 314 g/mol. The highest BCUT2D eigenvalue weighted by molar-refractivity contribution is 6.30. The normalized spacial score (nSPS) is 18.2. The molecule has 0 spiro atoms. The maximum Gasteiger partial charge on any atom is 0.317 e. The van der Waals surface area contributed by atoms with Gasteiger partial charge in [-0.2, -0.15) is 0 Å². The smallest absolute Gasteiger partial charge is 0.317 e. The zero-order valence-corrected chi connectivity index (χ0v) is 12.4. The third kappa shape index (κ3) is 3.85. The number of nitrogens with zero attached hydrogens (tertiary/aromatic N) is 1. The summed E-state index contributed by atoms with van der Waals surface area (Å²) in [5, 5.41) is 5.22. The molecule has 0 saturated carbocycles. The summed E-state index contributed by atoms with van der Waals surface area (Å²) in [6.07, 6.45) is 1.47. The molecule has 0 unspecified atom stereocenters. The van der Waals surface area contributed by atoms with E-state index in [1.807, 2.05) is 0 Å². The summed E-state index contributed by atoms with van der Waals surface area (Å²) >= 11 is 5.60. The number of nitrogens with one attached hydrogen (secondary N) is 2. The number of carbonyl (C=O) groups is 2. The fourth-order valence-corrected chi connectivity index (χ4v) is 2.47. The van der Waals surface area contributed by atoms with Crippen molar-refractivity contribution in [3.63, 3.8) is 0 Å². The second kappa shape index (κ2) is 6.76. The highest BCUT2D eigenvalue weighted by atomic mass is 35.5. The van der Waals surface area contributed by atoms with Crippen molar-refractivity contribution in [2.45, 2.75) is 12.8 Å². The van der Waals surface area contributed by atoms with E-state index in [-0.39, 0.29) is 22.9 Å². The Balaban J connectivity index is 1.99. The van der Waals surface area contributed by atoms with Crippen molar-refractivity contribution in [2.75, 3.05) is 25.5 Å². The standard InChI is InChI=1S/C14H17ClFN3O2/c1-17-14(21)19-6-2-3-9(8-19)13(20)18-10-4-5-11(15)12(16)7-10/h4-5,7,9H,2-3,6,8H2,1H3,(H,17,21)(H,18,20)/t9-/m0/s1. The van der Waals surface area contributed by atoms with E-state index in [1.165, 1.54) is 12.1 Å². The molecule has 7 heteroatoms. The lowest BCUT2D eigenvalue weighted by Gasteiger charge is -2.31. The van der Waals surface area contributed by atoms with Gasteiger partial charge in [-0.15, -0.1) is 0 Å². The monoisotopic (exact) mass is 313 g/mol. The molecular weight excluding hydrogens is 297 g/mol. The molecule has 2 N–H and O–H groups in total. The van der Waals surface area contributed by atoms with E-state index >= 15 is 0 Å². The number of likely N-dealkylation sites (tertiary alicyclic amines) is 1. The summed E-state index contributed by atoms with van der Waals surface area (Å²) in [6.45, 7) is 1.00. The molecule has 1 aliphatic rings. The van der Waals surface area contributed by atoms with Crippen LogP contribution in [-0.2, 0) is 4.79 Å². The van der Waals surface area contributed by atoms with E-state index in [0.717, 1.165) is 6.42 Å². The molecule has 1 aromatic carbocycles. The summed E-state index contributed by atoms with van der Waals surface area (Å²) < 4.78 is 13.3. The van der Waals surface area contributed by atoms with Gasteiger partial charge in [0.1, 0.15) is 5.82 Å². The molecule has 1 aliphatic heterocycles. The van der Waals surface area contributed by atoms with Crippen LogP contribution >= 0.6 is 11.6 Å². The van der Waals surface area contributed by atoms with Gasteiger partial charge >= 0.3 is 6.03 Å². The van der Waals surface area contributed by atoms with Crippen molar-refractivity contribution in [2.24, 2.45) is 5.92 Å². The van der Waals surface area contributed by atoms with Crippen LogP contribution < -0.4 is 10.6 Å². The van der Waals surface area contributed by atoms with Gasteiger partial charge in [-0.25, -0.2) is 9.18 Å². The predicted molar refractivity (Wildman–Crippen MR) is 78.8 cm³/mol. The maximum absolute atomic E-state index is 13.3. The Bertz CT molecular complexity index is 553. The van der Waals surface area contributed by atoms with E-state index in [2.05, 4.69) is 10.6 Å². The lowest BCUT2D eigenvalue weighted by atomic mass is 9.97. The first-order valence-corrected chi connectivity index (χ1v) is 7.11. The van der Waals surface area contributed by atoms with Crippen molar-refractivity contribution in [3.05, 3.63) is 29.0 Å². The van der Waals surface area contributed by atoms with Crippen LogP contribution in [0.5, 0.6) is 0 Å². The van der Waals surface area contributed by atoms with Crippen LogP contribution in [0, 0.1) is 11.7 Å². The van der Waals surface area contributed by atoms with Gasteiger partial charge in [-0.1, -0.05) is 11.6 Å². The van der Waals surface area contributed by atoms with Crippen LogP contribution in [0.15, 0.2) is 18.2 Å². The molecule has 1 fully saturated rings. The van der Waals surface area contributed by atoms with Gasteiger partial charge in [0.25, 0.3) is 0 Å². The average Bonchev–Trinajstić information content (AvgIpc) is 2.50. The summed E-state index contributed by atoms with van der Waals surface area (Å²) in [4.78, 5) is 25.4. The Kier molecular flexibility index (Phi) is 5.01. The number of urea groups is 1. The van der Waals surface area contributed by atoms with Crippen LogP contribution in [0.4, 0.5) is 14.9 Å². The number of halogens is 2. The lowest BCUT2D eigenvalue weighted by Crippen LogP contribution is -2.47. The first-order valence-electron chi connectivity index (χ1n) is 6.74. The van der Waals surface area contributed by atoms with Crippen LogP contribution in [0.3, 0.4) is 0 Å². The zero-order chi connectivity index (χ0) is 15.4. The largest absolute Gasteiger partial charge is 0.341 e. The number of hydrogen-bond donors (Lipinski definition) is 2. The molecule has 21 heavy (non-hydrogen) atoms. The van der Waals surface area contributed by atoms with E-state index in [9.17, 15) is 14.0 Å². The summed E-state index contributed by atoms with van der Waals surface area (Å²) in [5.74, 6) is -1.09. The van der Waals surface area contributed by atoms with E-state index in [1.54, 1.807) is 18.0 Å². The van der Waals surface area contributed by atoms with Gasteiger partial charge < -0.3 is 15.5 Å². The number of hydrogen-bond acceptors (Lipinski definition) is 2. The number of benzene rings is 1. The van der Waals surface area contributed by atoms with E-state index in [4.69, 9.17) is 11.6 Å². The summed E-state index contributed by atoms with van der Waals surface area (Å²) in [7, 11) is 1.56. The molecule has 0 bridgehead atoms. The van der Waals surface area contributed by atoms with Crippen molar-refractivity contribution in [3.8, 4) is 0 Å². The van der Waals surface area contributed by atoms with Gasteiger partial charge in [0.05, 0.1) is 10.9 Å². The first kappa shape index (κ1) is 15.6. The van der Waals surface area contributed by atoms with Gasteiger partial charge in [-0.3, -0.25) is 4.79 Å². The molecule has 2 rings (SSSR count). The summed E-state index contributed by atoms with van der Waals surface area (Å²) in [5.41, 5.74) is 0.360. The Morgan fingerprint density at radius 1 is 1.43 bits per heavy atom. The van der Waals surface area contributed by atoms with Crippen LogP contribution in [0.1, 0.15) is 12.8 Å². The van der Waals surface area contributed by atoms with Crippen LogP contribution in [0.2, 0.25) is 5.02 Å². The van der Waals surface area contributed by atoms with E-state index < -0.39 is 5.82 Å². The SMILES string of the molecule is CNC(=O)N1CCC[C@H](C(=O)Nc2ccc(Cl)c(F)c2)C1. The number of amides is 3. The Morgan fingerprint density at radius 3 is 2.86 bits per heavy atom. The second-order valence-electron chi connectivity index (χ2n) is 4.96. The lowest BCUT2D eigenvalue weighted by molar-refractivity contribution is -0.121. The van der Waals surface area contributed by atoms with Gasteiger partial charge in [0.15, 0.2) is 0 Å². The van der Waals surface area contributed by atoms with Gasteiger partial charge in [0.2, 0.25) is 5.91 Å². The quantitative estimate of drug-likeness (QED) is 0.881. The maximum atomic E-state index is 13.3. The molecule has 0 aromatic heterocycles. The van der Waals surface area contributed by atoms with Crippen LogP contribution in [-0.4, -0.2) is 37.0 Å². The third-order valence-corrected chi connectivity index (χ3v) is 3.79. The predicted octanol–water partition coefficient (Wildman–Crippen LogP) is 2.47. The second-order valence-corrected chi connectivity index (χ2v) is 5.37. The highest BCUT2D eigenvalue weighted by Crippen LogP contribution is 2.21. The number of piperidine rings is 1. The Hall–Kier alpha value is -1.82. The van der Waals surface area contributed by atoms with E-state index in [0.29, 0.717) is 25.2 Å². The topological polar surface area (TPSA) is 61.4 Å². The molecule has 1 atom stereocenters.